The van der Waals surface area contributed by atoms with E-state index in [2.05, 4.69) is 9.88 Å². The first kappa shape index (κ1) is 12.8. The van der Waals surface area contributed by atoms with Crippen LogP contribution in [-0.4, -0.2) is 41.2 Å². The third kappa shape index (κ3) is 3.20. The van der Waals surface area contributed by atoms with Crippen LogP contribution in [0.1, 0.15) is 18.4 Å². The lowest BCUT2D eigenvalue weighted by atomic mass is 9.98. The zero-order chi connectivity index (χ0) is 13.0. The maximum Gasteiger partial charge on any atom is 0.307 e. The highest BCUT2D eigenvalue weighted by Crippen LogP contribution is 2.19. The molecular weight excluding hydrogens is 232 g/mol. The summed E-state index contributed by atoms with van der Waals surface area (Å²) in [6, 6.07) is 3.80. The van der Waals surface area contributed by atoms with E-state index < -0.39 is 5.97 Å². The van der Waals surface area contributed by atoms with E-state index in [1.54, 1.807) is 13.3 Å². The van der Waals surface area contributed by atoms with Crippen molar-refractivity contribution >= 4 is 5.97 Å². The Morgan fingerprint density at radius 1 is 1.61 bits per heavy atom. The van der Waals surface area contributed by atoms with Gasteiger partial charge in [0.25, 0.3) is 0 Å². The lowest BCUT2D eigenvalue weighted by molar-refractivity contribution is -0.143. The van der Waals surface area contributed by atoms with E-state index in [-0.39, 0.29) is 5.92 Å². The molecule has 1 aliphatic heterocycles. The monoisotopic (exact) mass is 250 g/mol. The predicted molar refractivity (Wildman–Crippen MR) is 66.4 cm³/mol. The Morgan fingerprint density at radius 2 is 2.44 bits per heavy atom. The maximum atomic E-state index is 11.0. The van der Waals surface area contributed by atoms with Gasteiger partial charge in [0.05, 0.1) is 13.0 Å². The molecule has 1 atom stereocenters. The van der Waals surface area contributed by atoms with Crippen LogP contribution in [-0.2, 0) is 11.3 Å². The van der Waals surface area contributed by atoms with Crippen LogP contribution in [0.3, 0.4) is 0 Å². The molecule has 18 heavy (non-hydrogen) atoms. The molecule has 0 amide bonds. The summed E-state index contributed by atoms with van der Waals surface area (Å²) in [5.41, 5.74) is 1.09. The predicted octanol–water partition coefficient (Wildman–Crippen LogP) is 1.39. The van der Waals surface area contributed by atoms with Crippen molar-refractivity contribution in [2.24, 2.45) is 5.92 Å². The molecule has 2 rings (SSSR count). The Kier molecular flexibility index (Phi) is 4.15. The van der Waals surface area contributed by atoms with Crippen LogP contribution < -0.4 is 4.74 Å². The van der Waals surface area contributed by atoms with Gasteiger partial charge in [-0.15, -0.1) is 0 Å². The van der Waals surface area contributed by atoms with E-state index in [4.69, 9.17) is 9.84 Å². The summed E-state index contributed by atoms with van der Waals surface area (Å²) in [4.78, 5) is 17.3. The Balaban J connectivity index is 1.93. The standard InChI is InChI=1S/C13H18N2O3/c1-18-12-5-4-10(7-14-12)8-15-6-2-3-11(9-15)13(16)17/h4-5,7,11H,2-3,6,8-9H2,1H3,(H,16,17). The van der Waals surface area contributed by atoms with E-state index >= 15 is 0 Å². The highest BCUT2D eigenvalue weighted by atomic mass is 16.5. The lowest BCUT2D eigenvalue weighted by Crippen LogP contribution is -2.38. The summed E-state index contributed by atoms with van der Waals surface area (Å²) < 4.78 is 5.01. The zero-order valence-corrected chi connectivity index (χ0v) is 10.5. The number of carbonyl (C=O) groups is 1. The van der Waals surface area contributed by atoms with Gasteiger partial charge < -0.3 is 9.84 Å². The third-order valence-electron chi connectivity index (χ3n) is 3.27. The lowest BCUT2D eigenvalue weighted by Gasteiger charge is -2.30. The summed E-state index contributed by atoms with van der Waals surface area (Å²) in [6.07, 6.45) is 3.51. The summed E-state index contributed by atoms with van der Waals surface area (Å²) in [5, 5.41) is 9.03. The van der Waals surface area contributed by atoms with E-state index in [0.29, 0.717) is 12.4 Å². The Hall–Kier alpha value is -1.62. The highest BCUT2D eigenvalue weighted by Gasteiger charge is 2.25. The van der Waals surface area contributed by atoms with Crippen LogP contribution >= 0.6 is 0 Å². The molecule has 1 N–H and O–H groups in total. The summed E-state index contributed by atoms with van der Waals surface area (Å²) in [5.74, 6) is -0.321. The van der Waals surface area contributed by atoms with Crippen molar-refractivity contribution in [1.29, 1.82) is 0 Å². The third-order valence-corrected chi connectivity index (χ3v) is 3.27. The normalized spacial score (nSPS) is 20.6. The first-order chi connectivity index (χ1) is 8.69. The minimum Gasteiger partial charge on any atom is -0.481 e. The topological polar surface area (TPSA) is 62.7 Å². The second-order valence-corrected chi connectivity index (χ2v) is 4.62. The molecule has 1 fully saturated rings. The minimum absolute atomic E-state index is 0.232. The van der Waals surface area contributed by atoms with E-state index in [0.717, 1.165) is 31.5 Å². The van der Waals surface area contributed by atoms with Gasteiger partial charge in [0.2, 0.25) is 5.88 Å². The van der Waals surface area contributed by atoms with Gasteiger partial charge in [-0.3, -0.25) is 9.69 Å². The zero-order valence-electron chi connectivity index (χ0n) is 10.5. The van der Waals surface area contributed by atoms with Crippen molar-refractivity contribution in [3.05, 3.63) is 23.9 Å². The number of hydrogen-bond donors (Lipinski definition) is 1. The molecule has 1 saturated heterocycles. The summed E-state index contributed by atoms with van der Waals surface area (Å²) in [7, 11) is 1.59. The number of rotatable bonds is 4. The molecule has 98 valence electrons. The fraction of sp³-hybridized carbons (Fsp3) is 0.538. The number of ether oxygens (including phenoxy) is 1. The van der Waals surface area contributed by atoms with Crippen LogP contribution in [0, 0.1) is 5.92 Å². The number of aliphatic carboxylic acids is 1. The molecule has 2 heterocycles. The van der Waals surface area contributed by atoms with Crippen molar-refractivity contribution in [3.63, 3.8) is 0 Å². The number of carboxylic acid groups (broad SMARTS) is 1. The first-order valence-electron chi connectivity index (χ1n) is 6.13. The number of aromatic nitrogens is 1. The second-order valence-electron chi connectivity index (χ2n) is 4.62. The van der Waals surface area contributed by atoms with Crippen LogP contribution in [0.2, 0.25) is 0 Å². The number of nitrogens with zero attached hydrogens (tertiary/aromatic N) is 2. The number of carboxylic acids is 1. The van der Waals surface area contributed by atoms with Gasteiger partial charge in [0, 0.05) is 25.4 Å². The molecule has 0 bridgehead atoms. The summed E-state index contributed by atoms with van der Waals surface area (Å²) in [6.45, 7) is 2.33. The van der Waals surface area contributed by atoms with Gasteiger partial charge in [-0.2, -0.15) is 0 Å². The molecule has 0 radical (unpaired) electrons. The van der Waals surface area contributed by atoms with Gasteiger partial charge in [-0.05, 0) is 24.9 Å². The van der Waals surface area contributed by atoms with Crippen LogP contribution in [0.25, 0.3) is 0 Å². The minimum atomic E-state index is -0.687. The summed E-state index contributed by atoms with van der Waals surface area (Å²) >= 11 is 0. The second kappa shape index (κ2) is 5.82. The fourth-order valence-electron chi connectivity index (χ4n) is 2.28. The number of methoxy groups -OCH3 is 1. The number of likely N-dealkylation sites (tertiary alicyclic amines) is 1. The van der Waals surface area contributed by atoms with Gasteiger partial charge in [-0.1, -0.05) is 6.07 Å². The van der Waals surface area contributed by atoms with Crippen molar-refractivity contribution < 1.29 is 14.6 Å². The fourth-order valence-corrected chi connectivity index (χ4v) is 2.28. The number of hydrogen-bond acceptors (Lipinski definition) is 4. The van der Waals surface area contributed by atoms with Crippen molar-refractivity contribution in [3.8, 4) is 5.88 Å². The van der Waals surface area contributed by atoms with E-state index in [1.165, 1.54) is 0 Å². The molecule has 0 aromatic carbocycles. The molecule has 1 aromatic rings. The van der Waals surface area contributed by atoms with Gasteiger partial charge in [0.1, 0.15) is 0 Å². The molecule has 1 aliphatic rings. The van der Waals surface area contributed by atoms with Crippen LogP contribution in [0.4, 0.5) is 0 Å². The molecule has 0 spiro atoms. The molecular formula is C13H18N2O3. The van der Waals surface area contributed by atoms with E-state index in [9.17, 15) is 4.79 Å². The maximum absolute atomic E-state index is 11.0. The van der Waals surface area contributed by atoms with Crippen molar-refractivity contribution in [2.45, 2.75) is 19.4 Å². The highest BCUT2D eigenvalue weighted by molar-refractivity contribution is 5.70. The van der Waals surface area contributed by atoms with Crippen LogP contribution in [0.15, 0.2) is 18.3 Å². The number of pyridine rings is 1. The van der Waals surface area contributed by atoms with E-state index in [1.807, 2.05) is 12.1 Å². The largest absolute Gasteiger partial charge is 0.481 e. The molecule has 0 aliphatic carbocycles. The van der Waals surface area contributed by atoms with Crippen molar-refractivity contribution in [2.75, 3.05) is 20.2 Å². The SMILES string of the molecule is COc1ccc(CN2CCCC(C(=O)O)C2)cn1. The van der Waals surface area contributed by atoms with Crippen molar-refractivity contribution in [1.82, 2.24) is 9.88 Å². The smallest absolute Gasteiger partial charge is 0.307 e. The molecule has 1 unspecified atom stereocenters. The quantitative estimate of drug-likeness (QED) is 0.874. The average molecular weight is 250 g/mol. The molecule has 0 saturated carbocycles. The Morgan fingerprint density at radius 3 is 3.06 bits per heavy atom. The molecule has 5 nitrogen and oxygen atoms in total. The van der Waals surface area contributed by atoms with Gasteiger partial charge in [0.15, 0.2) is 0 Å². The Labute approximate surface area is 106 Å². The van der Waals surface area contributed by atoms with Gasteiger partial charge in [-0.25, -0.2) is 4.98 Å². The van der Waals surface area contributed by atoms with Crippen LogP contribution in [0.5, 0.6) is 5.88 Å². The number of piperidine rings is 1. The van der Waals surface area contributed by atoms with Gasteiger partial charge >= 0.3 is 5.97 Å². The average Bonchev–Trinajstić information content (AvgIpc) is 2.40. The molecule has 1 aromatic heterocycles. The molecule has 5 heteroatoms. The Bertz CT molecular complexity index is 405. The first-order valence-corrected chi connectivity index (χ1v) is 6.13.